The van der Waals surface area contributed by atoms with E-state index >= 15 is 0 Å². The van der Waals surface area contributed by atoms with Gasteiger partial charge in [-0.25, -0.2) is 10.9 Å². The molecule has 0 radical (unpaired) electrons. The van der Waals surface area contributed by atoms with Crippen LogP contribution in [0.4, 0.5) is 0 Å². The lowest BCUT2D eigenvalue weighted by Crippen LogP contribution is -2.28. The summed E-state index contributed by atoms with van der Waals surface area (Å²) in [6, 6.07) is 9.78. The van der Waals surface area contributed by atoms with Crippen LogP contribution in [-0.4, -0.2) is 37.5 Å². The number of carbonyl (C=O) groups excluding carboxylic acids is 2. The summed E-state index contributed by atoms with van der Waals surface area (Å²) in [4.78, 5) is 23.2. The van der Waals surface area contributed by atoms with Gasteiger partial charge in [0.25, 0.3) is 11.8 Å². The van der Waals surface area contributed by atoms with Crippen molar-refractivity contribution in [3.8, 4) is 0 Å². The molecule has 0 heterocycles. The van der Waals surface area contributed by atoms with Gasteiger partial charge >= 0.3 is 0 Å². The quantitative estimate of drug-likeness (QED) is 0.447. The lowest BCUT2D eigenvalue weighted by Gasteiger charge is -2.02. The van der Waals surface area contributed by atoms with Crippen LogP contribution in [0.15, 0.2) is 46.6 Å². The third-order valence-corrected chi connectivity index (χ3v) is 4.64. The molecule has 0 saturated heterocycles. The molecule has 0 aliphatic rings. The fraction of sp³-hybridized carbons (Fsp3) is 0.111. The van der Waals surface area contributed by atoms with Gasteiger partial charge in [-0.15, -0.1) is 0 Å². The van der Waals surface area contributed by atoms with Crippen LogP contribution < -0.4 is 10.9 Å². The van der Waals surface area contributed by atoms with Gasteiger partial charge in [0.2, 0.25) is 0 Å². The summed E-state index contributed by atoms with van der Waals surface area (Å²) in [7, 11) is 0. The van der Waals surface area contributed by atoms with Crippen molar-refractivity contribution in [1.82, 2.24) is 10.9 Å². The van der Waals surface area contributed by atoms with E-state index in [2.05, 4.69) is 21.1 Å². The third-order valence-electron chi connectivity index (χ3n) is 3.16. The van der Waals surface area contributed by atoms with E-state index in [4.69, 9.17) is 51.1 Å². The molecule has 152 valence electrons. The maximum Gasteiger partial charge on any atom is 0.266 e. The number of carbonyl (C=O) groups is 2. The second-order valence-electron chi connectivity index (χ2n) is 5.43. The van der Waals surface area contributed by atoms with E-state index in [0.717, 1.165) is 0 Å². The number of ether oxygens (including phenoxy) is 1. The minimum Gasteiger partial charge on any atom is -0.362 e. The topological polar surface area (TPSA) is 92.2 Å². The summed E-state index contributed by atoms with van der Waals surface area (Å²) in [5, 5.41) is 9.09. The largest absolute Gasteiger partial charge is 0.362 e. The molecular weight excluding hydrogens is 462 g/mol. The Bertz CT molecular complexity index is 875. The van der Waals surface area contributed by atoms with Gasteiger partial charge in [0.05, 0.1) is 32.5 Å². The van der Waals surface area contributed by atoms with Crippen LogP contribution in [0.25, 0.3) is 0 Å². The summed E-state index contributed by atoms with van der Waals surface area (Å²) >= 11 is 23.4. The van der Waals surface area contributed by atoms with Gasteiger partial charge in [0, 0.05) is 0 Å². The molecule has 7 nitrogen and oxygen atoms in total. The second kappa shape index (κ2) is 11.7. The summed E-state index contributed by atoms with van der Waals surface area (Å²) < 4.78 is 4.98. The minimum absolute atomic E-state index is 0.358. The number of rotatable bonds is 8. The van der Waals surface area contributed by atoms with E-state index in [0.29, 0.717) is 31.2 Å². The average molecular weight is 476 g/mol. The standard InChI is InChI=1S/C18H14Cl4N4O3/c19-13-3-1-11(5-15(13)21)7-23-25-17(27)9-29-10-18(28)26-24-8-12-2-4-14(20)16(22)6-12/h1-8H,9-10H2,(H,25,27)(H,26,28). The number of nitrogens with one attached hydrogen (secondary N) is 2. The zero-order chi connectivity index (χ0) is 21.2. The monoisotopic (exact) mass is 474 g/mol. The number of hydrogen-bond acceptors (Lipinski definition) is 5. The van der Waals surface area contributed by atoms with E-state index in [9.17, 15) is 9.59 Å². The second-order valence-corrected chi connectivity index (χ2v) is 7.06. The predicted molar refractivity (Wildman–Crippen MR) is 115 cm³/mol. The van der Waals surface area contributed by atoms with Crippen molar-refractivity contribution in [3.63, 3.8) is 0 Å². The first-order valence-electron chi connectivity index (χ1n) is 7.97. The molecule has 2 amide bonds. The number of amides is 2. The Morgan fingerprint density at radius 3 is 1.55 bits per heavy atom. The van der Waals surface area contributed by atoms with Crippen LogP contribution >= 0.6 is 46.4 Å². The first-order chi connectivity index (χ1) is 13.8. The molecule has 0 bridgehead atoms. The van der Waals surface area contributed by atoms with Gasteiger partial charge in [-0.05, 0) is 35.4 Å². The zero-order valence-electron chi connectivity index (χ0n) is 14.7. The molecule has 0 spiro atoms. The van der Waals surface area contributed by atoms with Gasteiger partial charge in [-0.2, -0.15) is 10.2 Å². The van der Waals surface area contributed by atoms with Crippen molar-refractivity contribution in [2.45, 2.75) is 0 Å². The molecule has 0 unspecified atom stereocenters. The maximum absolute atomic E-state index is 11.6. The minimum atomic E-state index is -0.534. The molecule has 11 heteroatoms. The molecule has 2 N–H and O–H groups in total. The molecule has 29 heavy (non-hydrogen) atoms. The third kappa shape index (κ3) is 8.39. The maximum atomic E-state index is 11.6. The molecule has 2 aromatic rings. The lowest BCUT2D eigenvalue weighted by molar-refractivity contribution is -0.130. The molecule has 0 atom stereocenters. The smallest absolute Gasteiger partial charge is 0.266 e. The van der Waals surface area contributed by atoms with Crippen LogP contribution in [0, 0.1) is 0 Å². The van der Waals surface area contributed by atoms with E-state index in [1.165, 1.54) is 12.4 Å². The molecule has 2 aromatic carbocycles. The molecule has 0 aliphatic carbocycles. The number of benzene rings is 2. The first-order valence-corrected chi connectivity index (χ1v) is 9.48. The Morgan fingerprint density at radius 1 is 0.759 bits per heavy atom. The van der Waals surface area contributed by atoms with Crippen LogP contribution in [0.3, 0.4) is 0 Å². The fourth-order valence-electron chi connectivity index (χ4n) is 1.84. The van der Waals surface area contributed by atoms with Gasteiger partial charge in [-0.1, -0.05) is 58.5 Å². The Kier molecular flexibility index (Phi) is 9.37. The number of halogens is 4. The molecule has 0 fully saturated rings. The van der Waals surface area contributed by atoms with Crippen molar-refractivity contribution < 1.29 is 14.3 Å². The Hall–Kier alpha value is -2.16. The summed E-state index contributed by atoms with van der Waals surface area (Å²) in [6.45, 7) is -0.717. The fourth-order valence-corrected chi connectivity index (χ4v) is 2.46. The summed E-state index contributed by atoms with van der Waals surface area (Å²) in [5.74, 6) is -1.07. The highest BCUT2D eigenvalue weighted by Crippen LogP contribution is 2.22. The highest BCUT2D eigenvalue weighted by atomic mass is 35.5. The van der Waals surface area contributed by atoms with Gasteiger partial charge in [-0.3, -0.25) is 9.59 Å². The van der Waals surface area contributed by atoms with Crippen LogP contribution in [0.1, 0.15) is 11.1 Å². The number of hydrogen-bond donors (Lipinski definition) is 2. The van der Waals surface area contributed by atoms with Gasteiger partial charge in [0.15, 0.2) is 0 Å². The molecule has 0 saturated carbocycles. The first kappa shape index (κ1) is 23.1. The Morgan fingerprint density at radius 2 is 1.17 bits per heavy atom. The Balaban J connectivity index is 1.66. The highest BCUT2D eigenvalue weighted by Gasteiger charge is 2.04. The van der Waals surface area contributed by atoms with E-state index in [1.54, 1.807) is 36.4 Å². The van der Waals surface area contributed by atoms with Crippen LogP contribution in [0.5, 0.6) is 0 Å². The Labute approximate surface area is 186 Å². The van der Waals surface area contributed by atoms with E-state index in [1.807, 2.05) is 0 Å². The molecule has 0 aliphatic heterocycles. The van der Waals surface area contributed by atoms with E-state index < -0.39 is 11.8 Å². The van der Waals surface area contributed by atoms with Crippen molar-refractivity contribution in [2.24, 2.45) is 10.2 Å². The average Bonchev–Trinajstić information content (AvgIpc) is 2.67. The number of hydrazone groups is 2. The van der Waals surface area contributed by atoms with Crippen molar-refractivity contribution in [1.29, 1.82) is 0 Å². The summed E-state index contributed by atoms with van der Waals surface area (Å²) in [6.07, 6.45) is 2.79. The van der Waals surface area contributed by atoms with Crippen molar-refractivity contribution >= 4 is 70.6 Å². The lowest BCUT2D eigenvalue weighted by atomic mass is 10.2. The molecular formula is C18H14Cl4N4O3. The van der Waals surface area contributed by atoms with Gasteiger partial charge in [0.1, 0.15) is 13.2 Å². The summed E-state index contributed by atoms with van der Waals surface area (Å²) in [5.41, 5.74) is 5.82. The molecule has 2 rings (SSSR count). The highest BCUT2D eigenvalue weighted by molar-refractivity contribution is 6.42. The predicted octanol–water partition coefficient (Wildman–Crippen LogP) is 3.92. The molecule has 0 aromatic heterocycles. The SMILES string of the molecule is O=C(COCC(=O)NN=Cc1ccc(Cl)c(Cl)c1)NN=Cc1ccc(Cl)c(Cl)c1. The zero-order valence-corrected chi connectivity index (χ0v) is 17.7. The van der Waals surface area contributed by atoms with Crippen LogP contribution in [0.2, 0.25) is 20.1 Å². The van der Waals surface area contributed by atoms with Crippen molar-refractivity contribution in [2.75, 3.05) is 13.2 Å². The van der Waals surface area contributed by atoms with Crippen molar-refractivity contribution in [3.05, 3.63) is 67.6 Å². The van der Waals surface area contributed by atoms with Gasteiger partial charge < -0.3 is 4.74 Å². The van der Waals surface area contributed by atoms with E-state index in [-0.39, 0.29) is 13.2 Å². The van der Waals surface area contributed by atoms with Crippen LogP contribution in [-0.2, 0) is 14.3 Å². The normalized spacial score (nSPS) is 11.2. The number of nitrogens with zero attached hydrogens (tertiary/aromatic N) is 2.